The third kappa shape index (κ3) is 29.2. The summed E-state index contributed by atoms with van der Waals surface area (Å²) in [6.07, 6.45) is 10.9. The van der Waals surface area contributed by atoms with Crippen LogP contribution in [0.2, 0.25) is 0 Å². The standard InChI is InChI=1S/C19H13F2N5O.C12H11N5.C11H17BN2O2.C7H8BrN3O.C7H6BrN3.C6H7BrN2.C5H13NO2.C4F6O3.C4H8O/c1-11-7-17-23-10-24-26(17)9-13(11)12-5-6-16(22-8-12)25-19(27)18-14(20)3-2-4-15(18)21;1-8-4-12-15-7-16-17(12)6-10(8)9-2-3-11(13)14-5-9;1-10(2)11(3,4)16-12(15-10)8-5-6-9(13)14-7-8;1-5-2-7(10-4-11-12)9-3-6(5)8;1-5-2-7-9-4-10-11(7)3-6(5)8;1-4-2-6(8)9-3-5(4)7;1-6(2)5(7-3)8-4;5-3(6,7)1(11)13-2(12)4(8,9)10;1-2-4-5-3-1/h2-10H,1H3,(H,22,25,27);2-7H,1H3,(H2,13,14);5-7H,1-4H3,(H2,13,14);2-4,12H,1H3,(H,9,10,11);2-4H,1H3;2-3H,1H3,(H2,8,9);5H,1-4H3;;1-4H2. The lowest BCUT2D eigenvalue weighted by molar-refractivity contribution is -0.221. The van der Waals surface area contributed by atoms with Gasteiger partial charge in [0.2, 0.25) is 6.41 Å². The molecule has 2 aliphatic rings. The van der Waals surface area contributed by atoms with Gasteiger partial charge in [-0.3, -0.25) is 20.4 Å². The topological polar surface area (TPSA) is 400 Å². The number of amides is 1. The summed E-state index contributed by atoms with van der Waals surface area (Å²) in [5, 5.41) is 22.8. The summed E-state index contributed by atoms with van der Waals surface area (Å²) in [5.41, 5.74) is 29.7. The fourth-order valence-corrected chi connectivity index (χ4v) is 10.3. The second-order valence-electron chi connectivity index (χ2n) is 26.1. The maximum absolute atomic E-state index is 13.7. The molecule has 1 aromatic carbocycles. The number of nitrogen functional groups attached to an aromatic ring is 3. The van der Waals surface area contributed by atoms with Crippen molar-refractivity contribution < 1.29 is 83.0 Å². The van der Waals surface area contributed by atoms with E-state index < -0.39 is 47.4 Å². The van der Waals surface area contributed by atoms with Gasteiger partial charge in [0, 0.05) is 118 Å². The molecule has 0 radical (unpaired) electrons. The molecule has 2 fully saturated rings. The number of nitrogens with two attached hydrogens (primary N) is 3. The molecule has 0 saturated carbocycles. The monoisotopic (exact) mass is 1840 g/mol. The van der Waals surface area contributed by atoms with Gasteiger partial charge in [0.1, 0.15) is 65.8 Å². The number of aliphatic imine (C=N–C) groups is 1. The normalized spacial score (nSPS) is 13.1. The van der Waals surface area contributed by atoms with Gasteiger partial charge in [-0.1, -0.05) is 12.1 Å². The van der Waals surface area contributed by atoms with Crippen molar-refractivity contribution in [1.29, 1.82) is 0 Å². The van der Waals surface area contributed by atoms with Crippen LogP contribution in [-0.4, -0.2) is 182 Å². The largest absolute Gasteiger partial charge is 0.496 e. The van der Waals surface area contributed by atoms with Crippen LogP contribution in [0.4, 0.5) is 64.2 Å². The number of halogens is 11. The van der Waals surface area contributed by atoms with Crippen molar-refractivity contribution in [3.8, 4) is 22.3 Å². The number of aryl methyl sites for hydroxylation is 5. The van der Waals surface area contributed by atoms with Crippen molar-refractivity contribution in [2.45, 2.75) is 105 Å². The highest BCUT2D eigenvalue weighted by molar-refractivity contribution is 9.11. The highest BCUT2D eigenvalue weighted by Crippen LogP contribution is 2.37. The summed E-state index contributed by atoms with van der Waals surface area (Å²) in [5.74, 6) is -6.83. The number of rotatable bonds is 10. The Bertz CT molecular complexity index is 5200. The zero-order valence-corrected chi connectivity index (χ0v) is 70.4. The number of anilines is 4. The number of pyridine rings is 8. The molecular formula is C75H83BBr3F8N21O10. The van der Waals surface area contributed by atoms with E-state index in [2.05, 4.69) is 118 Å². The van der Waals surface area contributed by atoms with E-state index in [1.807, 2.05) is 136 Å². The molecule has 0 unspecified atom stereocenters. The van der Waals surface area contributed by atoms with Gasteiger partial charge >= 0.3 is 31.4 Å². The van der Waals surface area contributed by atoms with Crippen molar-refractivity contribution in [3.05, 3.63) is 212 Å². The number of nitrogens with one attached hydrogen (secondary N) is 2. The summed E-state index contributed by atoms with van der Waals surface area (Å²) >= 11 is 10.0. The molecule has 118 heavy (non-hydrogen) atoms. The lowest BCUT2D eigenvalue weighted by atomic mass is 9.80. The van der Waals surface area contributed by atoms with E-state index in [0.29, 0.717) is 23.3 Å². The maximum atomic E-state index is 13.7. The molecule has 0 aliphatic carbocycles. The van der Waals surface area contributed by atoms with Gasteiger partial charge in [0.25, 0.3) is 5.91 Å². The Morgan fingerprint density at radius 2 is 1.03 bits per heavy atom. The minimum absolute atomic E-state index is 0.186. The first-order valence-electron chi connectivity index (χ1n) is 34.7. The second-order valence-corrected chi connectivity index (χ2v) is 28.6. The minimum atomic E-state index is -5.62. The van der Waals surface area contributed by atoms with E-state index in [4.69, 9.17) is 45.9 Å². The van der Waals surface area contributed by atoms with Crippen LogP contribution in [0, 0.1) is 46.3 Å². The number of hydroxylamine groups is 1. The van der Waals surface area contributed by atoms with Crippen LogP contribution in [0.5, 0.6) is 0 Å². The fourth-order valence-electron chi connectivity index (χ4n) is 9.55. The van der Waals surface area contributed by atoms with Crippen LogP contribution >= 0.6 is 47.8 Å². The van der Waals surface area contributed by atoms with E-state index in [1.165, 1.54) is 30.8 Å². The van der Waals surface area contributed by atoms with Crippen LogP contribution in [0.3, 0.4) is 0 Å². The van der Waals surface area contributed by atoms with Crippen molar-refractivity contribution in [2.75, 3.05) is 64.0 Å². The Kier molecular flexibility index (Phi) is 36.1. The number of methoxy groups -OCH3 is 2. The Morgan fingerprint density at radius 3 is 1.42 bits per heavy atom. The molecule has 43 heteroatoms. The SMILES string of the molecule is C1CCOC1.CC1(C)OB(c2ccc(N)nc2)OC1(C)C.COC(OC)N(C)C.Cc1cc(N)ncc1Br.Cc1cc(N=CNO)ncc1Br.Cc1cc2ncnn2cc1-c1ccc(N)nc1.Cc1cc2ncnn2cc1-c1ccc(NC(=O)c2c(F)cccc2F)nc1.Cc1cc2ncnn2cc1Br.O=C(OC(=O)C(F)(F)F)C(F)(F)F. The molecule has 9 N–H and O–H groups in total. The lowest BCUT2D eigenvalue weighted by Crippen LogP contribution is -2.41. The van der Waals surface area contributed by atoms with Crippen molar-refractivity contribution in [3.63, 3.8) is 0 Å². The number of carbonyl (C=O) groups excluding carboxylic acids is 3. The number of carbonyl (C=O) groups is 3. The minimum Gasteiger partial charge on any atom is -0.399 e. The molecule has 0 spiro atoms. The van der Waals surface area contributed by atoms with E-state index >= 15 is 0 Å². The Hall–Kier alpha value is -11.0. The third-order valence-electron chi connectivity index (χ3n) is 16.4. The molecule has 11 aromatic heterocycles. The zero-order chi connectivity index (χ0) is 87.4. The molecular weight excluding hydrogens is 1760 g/mol. The second kappa shape index (κ2) is 44.5. The number of nitrogens with zero attached hydrogens (tertiary/aromatic N) is 16. The summed E-state index contributed by atoms with van der Waals surface area (Å²) in [4.78, 5) is 69.6. The van der Waals surface area contributed by atoms with Gasteiger partial charge in [-0.2, -0.15) is 41.6 Å². The highest BCUT2D eigenvalue weighted by atomic mass is 79.9. The van der Waals surface area contributed by atoms with E-state index in [9.17, 15) is 49.5 Å². The summed E-state index contributed by atoms with van der Waals surface area (Å²) in [7, 11) is 6.62. The van der Waals surface area contributed by atoms with E-state index in [1.54, 1.807) is 107 Å². The van der Waals surface area contributed by atoms with Gasteiger partial charge in [0.05, 0.1) is 11.2 Å². The Balaban J connectivity index is 0.000000213. The molecule has 13 heterocycles. The smallest absolute Gasteiger partial charge is 0.399 e. The van der Waals surface area contributed by atoms with Gasteiger partial charge in [-0.05, 0) is 238 Å². The number of ether oxygens (including phenoxy) is 4. The first kappa shape index (κ1) is 95.8. The molecule has 2 saturated heterocycles. The van der Waals surface area contributed by atoms with E-state index in [0.717, 1.165) is 112 Å². The summed E-state index contributed by atoms with van der Waals surface area (Å²) in [6.45, 7) is 20.0. The quantitative estimate of drug-likeness (QED) is 0.0108. The van der Waals surface area contributed by atoms with Crippen LogP contribution in [0.1, 0.15) is 78.7 Å². The first-order valence-corrected chi connectivity index (χ1v) is 37.1. The molecule has 1 amide bonds. The van der Waals surface area contributed by atoms with Crippen LogP contribution in [0.15, 0.2) is 172 Å². The van der Waals surface area contributed by atoms with Crippen LogP contribution in [-0.2, 0) is 37.8 Å². The molecule has 12 aromatic rings. The Labute approximate surface area is 697 Å². The number of esters is 2. The maximum Gasteiger partial charge on any atom is 0.496 e. The van der Waals surface area contributed by atoms with E-state index in [-0.39, 0.29) is 30.6 Å². The molecule has 14 rings (SSSR count). The Morgan fingerprint density at radius 1 is 0.585 bits per heavy atom. The predicted molar refractivity (Wildman–Crippen MR) is 436 cm³/mol. The lowest BCUT2D eigenvalue weighted by Gasteiger charge is -2.32. The van der Waals surface area contributed by atoms with Crippen LogP contribution < -0.4 is 33.5 Å². The summed E-state index contributed by atoms with van der Waals surface area (Å²) in [6, 6.07) is 23.5. The average molecular weight is 1840 g/mol. The predicted octanol–water partition coefficient (Wildman–Crippen LogP) is 13.7. The molecule has 31 nitrogen and oxygen atoms in total. The fraction of sp³-hybridized carbons (Fsp3) is 0.293. The highest BCUT2D eigenvalue weighted by Gasteiger charge is 2.52. The van der Waals surface area contributed by atoms with Gasteiger partial charge < -0.3 is 50.8 Å². The number of fused-ring (bicyclic) bond motifs is 3. The van der Waals surface area contributed by atoms with Gasteiger partial charge in [0.15, 0.2) is 22.8 Å². The third-order valence-corrected chi connectivity index (χ3v) is 18.9. The number of alkyl halides is 6. The van der Waals surface area contributed by atoms with Crippen LogP contribution in [0.25, 0.3) is 39.2 Å². The first-order chi connectivity index (χ1) is 55.6. The van der Waals surface area contributed by atoms with Gasteiger partial charge in [-0.15, -0.1) is 0 Å². The number of benzene rings is 1. The molecule has 0 atom stereocenters. The number of hydrogen-bond donors (Lipinski definition) is 6. The number of aromatic nitrogens is 14. The zero-order valence-electron chi connectivity index (χ0n) is 65.7. The molecule has 628 valence electrons. The molecule has 0 bridgehead atoms. The van der Waals surface area contributed by atoms with Crippen molar-refractivity contribution >= 4 is 131 Å². The number of hydrogen-bond acceptors (Lipinski definition) is 26. The molecule has 2 aliphatic heterocycles. The average Bonchev–Trinajstić information content (AvgIpc) is 1.62. The van der Waals surface area contributed by atoms with Crippen molar-refractivity contribution in [1.82, 2.24) is 79.1 Å². The van der Waals surface area contributed by atoms with Crippen molar-refractivity contribution in [2.24, 2.45) is 4.99 Å². The summed E-state index contributed by atoms with van der Waals surface area (Å²) < 4.78 is 132. The van der Waals surface area contributed by atoms with Gasteiger partial charge in [-0.25, -0.2) is 76.8 Å².